The number of aliphatic hydroxyl groups is 1. The molecule has 1 saturated carbocycles. The summed E-state index contributed by atoms with van der Waals surface area (Å²) in [7, 11) is -3.21. The van der Waals surface area contributed by atoms with Gasteiger partial charge >= 0.3 is 0 Å². The average molecular weight is 304 g/mol. The van der Waals surface area contributed by atoms with Crippen molar-refractivity contribution in [2.45, 2.75) is 38.2 Å². The first-order valence-electron chi connectivity index (χ1n) is 7.27. The lowest BCUT2D eigenvalue weighted by Gasteiger charge is -2.30. The van der Waals surface area contributed by atoms with Gasteiger partial charge in [0.05, 0.1) is 18.3 Å². The van der Waals surface area contributed by atoms with Crippen LogP contribution >= 0.6 is 0 Å². The third-order valence-electron chi connectivity index (χ3n) is 4.30. The molecule has 116 valence electrons. The van der Waals surface area contributed by atoms with Crippen molar-refractivity contribution in [1.82, 2.24) is 9.62 Å². The maximum atomic E-state index is 12.1. The Bertz CT molecular complexity index is 451. The predicted octanol–water partition coefficient (Wildman–Crippen LogP) is -0.0648. The lowest BCUT2D eigenvalue weighted by atomic mass is 9.98. The van der Waals surface area contributed by atoms with Gasteiger partial charge in [0, 0.05) is 19.6 Å². The zero-order valence-electron chi connectivity index (χ0n) is 11.9. The van der Waals surface area contributed by atoms with Gasteiger partial charge in [-0.25, -0.2) is 12.7 Å². The summed E-state index contributed by atoms with van der Waals surface area (Å²) >= 11 is 0. The van der Waals surface area contributed by atoms with Gasteiger partial charge in [-0.3, -0.25) is 4.79 Å². The van der Waals surface area contributed by atoms with E-state index in [1.165, 1.54) is 10.6 Å². The highest BCUT2D eigenvalue weighted by Gasteiger charge is 2.31. The number of hydrogen-bond donors (Lipinski definition) is 2. The minimum atomic E-state index is -3.21. The first kappa shape index (κ1) is 15.7. The summed E-state index contributed by atoms with van der Waals surface area (Å²) < 4.78 is 24.4. The number of nitrogens with zero attached hydrogens (tertiary/aromatic N) is 1. The van der Waals surface area contributed by atoms with Crippen molar-refractivity contribution in [2.75, 3.05) is 25.9 Å². The molecule has 1 aliphatic heterocycles. The van der Waals surface area contributed by atoms with Gasteiger partial charge in [-0.15, -0.1) is 0 Å². The Morgan fingerprint density at radius 1 is 1.35 bits per heavy atom. The molecule has 0 bridgehead atoms. The summed E-state index contributed by atoms with van der Waals surface area (Å²) in [6.07, 6.45) is 4.94. The average Bonchev–Trinajstić information content (AvgIpc) is 2.81. The van der Waals surface area contributed by atoms with E-state index >= 15 is 0 Å². The fraction of sp³-hybridized carbons (Fsp3) is 0.923. The molecule has 1 amide bonds. The van der Waals surface area contributed by atoms with Crippen LogP contribution in [0.4, 0.5) is 0 Å². The Hall–Kier alpha value is -0.660. The Kier molecular flexibility index (Phi) is 5.04. The fourth-order valence-corrected chi connectivity index (χ4v) is 3.99. The van der Waals surface area contributed by atoms with E-state index in [1.807, 2.05) is 0 Å². The van der Waals surface area contributed by atoms with Crippen LogP contribution in [-0.4, -0.2) is 55.7 Å². The van der Waals surface area contributed by atoms with Gasteiger partial charge in [0.25, 0.3) is 0 Å². The molecule has 1 heterocycles. The second kappa shape index (κ2) is 6.41. The molecule has 7 heteroatoms. The molecule has 3 atom stereocenters. The zero-order chi connectivity index (χ0) is 14.8. The minimum absolute atomic E-state index is 0.0558. The van der Waals surface area contributed by atoms with Crippen LogP contribution in [0.2, 0.25) is 0 Å². The molecule has 2 rings (SSSR count). The number of nitrogens with one attached hydrogen (secondary N) is 1. The highest BCUT2D eigenvalue weighted by molar-refractivity contribution is 7.88. The smallest absolute Gasteiger partial charge is 0.224 e. The number of sulfonamides is 1. The number of rotatable bonds is 4. The Balaban J connectivity index is 1.80. The van der Waals surface area contributed by atoms with Crippen molar-refractivity contribution in [3.05, 3.63) is 0 Å². The van der Waals surface area contributed by atoms with E-state index in [4.69, 9.17) is 0 Å². The third kappa shape index (κ3) is 4.17. The molecule has 1 saturated heterocycles. The molecule has 0 radical (unpaired) electrons. The Labute approximate surface area is 120 Å². The van der Waals surface area contributed by atoms with Crippen molar-refractivity contribution in [3.63, 3.8) is 0 Å². The van der Waals surface area contributed by atoms with Gasteiger partial charge in [0.2, 0.25) is 15.9 Å². The molecule has 2 fully saturated rings. The van der Waals surface area contributed by atoms with Gasteiger partial charge in [-0.05, 0) is 38.0 Å². The van der Waals surface area contributed by atoms with Crippen LogP contribution in [0.25, 0.3) is 0 Å². The number of piperidine rings is 1. The SMILES string of the molecule is CS(=O)(=O)N1CCCC(C(=O)NCC2CCC(O)C2)C1. The monoisotopic (exact) mass is 304 g/mol. The molecule has 0 aromatic rings. The van der Waals surface area contributed by atoms with Gasteiger partial charge in [0.1, 0.15) is 0 Å². The van der Waals surface area contributed by atoms with E-state index in [1.54, 1.807) is 0 Å². The lowest BCUT2D eigenvalue weighted by Crippen LogP contribution is -2.45. The number of aliphatic hydroxyl groups excluding tert-OH is 1. The van der Waals surface area contributed by atoms with Crippen LogP contribution in [0, 0.1) is 11.8 Å². The molecule has 0 aromatic heterocycles. The van der Waals surface area contributed by atoms with Crippen LogP contribution < -0.4 is 5.32 Å². The van der Waals surface area contributed by atoms with Crippen molar-refractivity contribution < 1.29 is 18.3 Å². The maximum absolute atomic E-state index is 12.1. The number of carbonyl (C=O) groups excluding carboxylic acids is 1. The number of carbonyl (C=O) groups is 1. The first-order valence-corrected chi connectivity index (χ1v) is 9.12. The summed E-state index contributed by atoms with van der Waals surface area (Å²) in [6, 6.07) is 0. The quantitative estimate of drug-likeness (QED) is 0.761. The third-order valence-corrected chi connectivity index (χ3v) is 5.57. The molecule has 1 aliphatic carbocycles. The largest absolute Gasteiger partial charge is 0.393 e. The second-order valence-electron chi connectivity index (χ2n) is 6.04. The second-order valence-corrected chi connectivity index (χ2v) is 8.02. The van der Waals surface area contributed by atoms with Gasteiger partial charge in [0.15, 0.2) is 0 Å². The van der Waals surface area contributed by atoms with Crippen molar-refractivity contribution in [3.8, 4) is 0 Å². The van der Waals surface area contributed by atoms with E-state index < -0.39 is 10.0 Å². The van der Waals surface area contributed by atoms with Crippen molar-refractivity contribution in [2.24, 2.45) is 11.8 Å². The van der Waals surface area contributed by atoms with E-state index in [0.717, 1.165) is 32.1 Å². The summed E-state index contributed by atoms with van der Waals surface area (Å²) in [6.45, 7) is 1.39. The molecule has 6 nitrogen and oxygen atoms in total. The van der Waals surface area contributed by atoms with E-state index in [0.29, 0.717) is 19.0 Å². The fourth-order valence-electron chi connectivity index (χ4n) is 3.08. The Morgan fingerprint density at radius 2 is 2.10 bits per heavy atom. The minimum Gasteiger partial charge on any atom is -0.393 e. The predicted molar refractivity (Wildman–Crippen MR) is 75.5 cm³/mol. The molecule has 20 heavy (non-hydrogen) atoms. The van der Waals surface area contributed by atoms with Crippen LogP contribution in [0.3, 0.4) is 0 Å². The highest BCUT2D eigenvalue weighted by Crippen LogP contribution is 2.25. The van der Waals surface area contributed by atoms with Gasteiger partial charge in [-0.1, -0.05) is 0 Å². The van der Waals surface area contributed by atoms with Crippen molar-refractivity contribution >= 4 is 15.9 Å². The molecule has 3 unspecified atom stereocenters. The van der Waals surface area contributed by atoms with Crippen LogP contribution in [-0.2, 0) is 14.8 Å². The molecule has 0 spiro atoms. The lowest BCUT2D eigenvalue weighted by molar-refractivity contribution is -0.126. The molecule has 2 aliphatic rings. The van der Waals surface area contributed by atoms with Crippen LogP contribution in [0.5, 0.6) is 0 Å². The van der Waals surface area contributed by atoms with Crippen molar-refractivity contribution in [1.29, 1.82) is 0 Å². The summed E-state index contributed by atoms with van der Waals surface area (Å²) in [5.41, 5.74) is 0. The van der Waals surface area contributed by atoms with Crippen LogP contribution in [0.15, 0.2) is 0 Å². The van der Waals surface area contributed by atoms with Crippen LogP contribution in [0.1, 0.15) is 32.1 Å². The normalized spacial score (nSPS) is 32.2. The summed E-state index contributed by atoms with van der Waals surface area (Å²) in [5, 5.41) is 12.4. The zero-order valence-corrected chi connectivity index (χ0v) is 12.7. The molecule has 2 N–H and O–H groups in total. The van der Waals surface area contributed by atoms with E-state index in [9.17, 15) is 18.3 Å². The maximum Gasteiger partial charge on any atom is 0.224 e. The number of hydrogen-bond acceptors (Lipinski definition) is 4. The van der Waals surface area contributed by atoms with E-state index in [-0.39, 0.29) is 24.5 Å². The molecule has 0 aromatic carbocycles. The van der Waals surface area contributed by atoms with Gasteiger partial charge < -0.3 is 10.4 Å². The Morgan fingerprint density at radius 3 is 2.70 bits per heavy atom. The summed E-state index contributed by atoms with van der Waals surface area (Å²) in [5.74, 6) is 0.0492. The summed E-state index contributed by atoms with van der Waals surface area (Å²) in [4.78, 5) is 12.1. The van der Waals surface area contributed by atoms with Gasteiger partial charge in [-0.2, -0.15) is 0 Å². The standard InChI is InChI=1S/C13H24N2O4S/c1-20(18,19)15-6-2-3-11(9-15)13(17)14-8-10-4-5-12(16)7-10/h10-12,16H,2-9H2,1H3,(H,14,17). The number of amides is 1. The first-order chi connectivity index (χ1) is 9.36. The molecular formula is C13H24N2O4S. The van der Waals surface area contributed by atoms with E-state index in [2.05, 4.69) is 5.32 Å². The highest BCUT2D eigenvalue weighted by atomic mass is 32.2. The topological polar surface area (TPSA) is 86.7 Å². The molecular weight excluding hydrogens is 280 g/mol.